The maximum absolute atomic E-state index is 10.3. The number of hydrogen-bond acceptors (Lipinski definition) is 3. The zero-order valence-electron chi connectivity index (χ0n) is 10.1. The van der Waals surface area contributed by atoms with Crippen LogP contribution in [0.15, 0.2) is 42.0 Å². The number of rotatable bonds is 3. The molecule has 1 unspecified atom stereocenters. The molecule has 0 fully saturated rings. The Hall–Kier alpha value is -1.81. The second kappa shape index (κ2) is 4.46. The van der Waals surface area contributed by atoms with Crippen LogP contribution < -0.4 is 0 Å². The van der Waals surface area contributed by atoms with Crippen LogP contribution in [-0.2, 0) is 0 Å². The molecule has 3 nitrogen and oxygen atoms in total. The molecule has 0 saturated carbocycles. The van der Waals surface area contributed by atoms with Crippen molar-refractivity contribution in [3.8, 4) is 5.88 Å². The molecular formula is C14H14N2OS. The van der Waals surface area contributed by atoms with Gasteiger partial charge in [0.05, 0.1) is 16.9 Å². The van der Waals surface area contributed by atoms with Crippen LogP contribution in [-0.4, -0.2) is 14.7 Å². The molecule has 0 aliphatic carbocycles. The van der Waals surface area contributed by atoms with Gasteiger partial charge in [0, 0.05) is 17.3 Å². The van der Waals surface area contributed by atoms with Gasteiger partial charge in [-0.05, 0) is 30.0 Å². The highest BCUT2D eigenvalue weighted by Crippen LogP contribution is 2.34. The minimum Gasteiger partial charge on any atom is -0.494 e. The second-order valence-corrected chi connectivity index (χ2v) is 5.21. The molecule has 3 aromatic rings. The van der Waals surface area contributed by atoms with E-state index >= 15 is 0 Å². The fourth-order valence-corrected chi connectivity index (χ4v) is 3.20. The lowest BCUT2D eigenvalue weighted by Gasteiger charge is -2.16. The third kappa shape index (κ3) is 1.69. The van der Waals surface area contributed by atoms with Crippen LogP contribution in [0.2, 0.25) is 0 Å². The fraction of sp³-hybridized carbons (Fsp3) is 0.214. The summed E-state index contributed by atoms with van der Waals surface area (Å²) < 4.78 is 1.92. The van der Waals surface area contributed by atoms with Gasteiger partial charge in [-0.25, -0.2) is 0 Å². The summed E-state index contributed by atoms with van der Waals surface area (Å²) in [6.45, 7) is 2.13. The average molecular weight is 258 g/mol. The SMILES string of the molecule is CCC(c1cccs1)n1cc2ncccc2c1O. The smallest absolute Gasteiger partial charge is 0.201 e. The topological polar surface area (TPSA) is 38.0 Å². The summed E-state index contributed by atoms with van der Waals surface area (Å²) in [5.74, 6) is 0.304. The predicted molar refractivity (Wildman–Crippen MR) is 74.1 cm³/mol. The first-order valence-electron chi connectivity index (χ1n) is 5.99. The number of aromatic hydroxyl groups is 1. The van der Waals surface area contributed by atoms with Crippen molar-refractivity contribution in [2.24, 2.45) is 0 Å². The van der Waals surface area contributed by atoms with Crippen molar-refractivity contribution in [3.63, 3.8) is 0 Å². The van der Waals surface area contributed by atoms with E-state index in [4.69, 9.17) is 0 Å². The van der Waals surface area contributed by atoms with Crippen LogP contribution in [0.1, 0.15) is 24.3 Å². The Labute approximate surface area is 109 Å². The van der Waals surface area contributed by atoms with E-state index in [9.17, 15) is 5.11 Å². The standard InChI is InChI=1S/C14H14N2OS/c1-2-12(13-6-4-8-18-13)16-9-11-10(14(16)17)5-3-7-15-11/h3-9,12,17H,2H2,1H3. The zero-order chi connectivity index (χ0) is 12.5. The fourth-order valence-electron chi connectivity index (χ4n) is 2.29. The van der Waals surface area contributed by atoms with E-state index in [0.29, 0.717) is 5.88 Å². The predicted octanol–water partition coefficient (Wildman–Crippen LogP) is 3.80. The summed E-state index contributed by atoms with van der Waals surface area (Å²) >= 11 is 1.72. The lowest BCUT2D eigenvalue weighted by molar-refractivity contribution is 0.403. The molecule has 0 spiro atoms. The van der Waals surface area contributed by atoms with Crippen LogP contribution >= 0.6 is 11.3 Å². The zero-order valence-corrected chi connectivity index (χ0v) is 10.9. The Balaban J connectivity index is 2.16. The van der Waals surface area contributed by atoms with Gasteiger partial charge in [-0.2, -0.15) is 0 Å². The Morgan fingerprint density at radius 1 is 1.39 bits per heavy atom. The maximum atomic E-state index is 10.3. The summed E-state index contributed by atoms with van der Waals surface area (Å²) in [6.07, 6.45) is 4.62. The van der Waals surface area contributed by atoms with E-state index in [1.165, 1.54) is 4.88 Å². The number of pyridine rings is 1. The summed E-state index contributed by atoms with van der Waals surface area (Å²) in [5.41, 5.74) is 0.838. The van der Waals surface area contributed by atoms with Crippen LogP contribution in [0.3, 0.4) is 0 Å². The Morgan fingerprint density at radius 3 is 2.94 bits per heavy atom. The van der Waals surface area contributed by atoms with Gasteiger partial charge in [-0.3, -0.25) is 4.98 Å². The largest absolute Gasteiger partial charge is 0.494 e. The molecule has 4 heteroatoms. The summed E-state index contributed by atoms with van der Waals surface area (Å²) in [4.78, 5) is 5.54. The molecule has 3 aromatic heterocycles. The molecule has 1 N–H and O–H groups in total. The number of fused-ring (bicyclic) bond motifs is 1. The van der Waals surface area contributed by atoms with Gasteiger partial charge in [0.15, 0.2) is 0 Å². The van der Waals surface area contributed by atoms with Crippen LogP contribution in [0.25, 0.3) is 10.9 Å². The lowest BCUT2D eigenvalue weighted by Crippen LogP contribution is -2.06. The molecule has 0 aliphatic rings. The molecule has 18 heavy (non-hydrogen) atoms. The minimum absolute atomic E-state index is 0.180. The molecule has 3 heterocycles. The van der Waals surface area contributed by atoms with E-state index < -0.39 is 0 Å². The molecule has 92 valence electrons. The summed E-state index contributed by atoms with van der Waals surface area (Å²) in [6, 6.07) is 8.07. The van der Waals surface area contributed by atoms with Gasteiger partial charge in [0.1, 0.15) is 0 Å². The Kier molecular flexibility index (Phi) is 2.80. The molecule has 0 bridgehead atoms. The molecule has 0 radical (unpaired) electrons. The number of hydrogen-bond donors (Lipinski definition) is 1. The van der Waals surface area contributed by atoms with Crippen molar-refractivity contribution in [2.75, 3.05) is 0 Å². The molecular weight excluding hydrogens is 244 g/mol. The summed E-state index contributed by atoms with van der Waals surface area (Å²) in [5, 5.41) is 13.2. The van der Waals surface area contributed by atoms with E-state index in [1.807, 2.05) is 29.0 Å². The maximum Gasteiger partial charge on any atom is 0.201 e. The number of aromatic nitrogens is 2. The van der Waals surface area contributed by atoms with Gasteiger partial charge in [-0.15, -0.1) is 11.3 Å². The van der Waals surface area contributed by atoms with Crippen molar-refractivity contribution in [3.05, 3.63) is 46.9 Å². The molecule has 0 aliphatic heterocycles. The van der Waals surface area contributed by atoms with Gasteiger partial charge < -0.3 is 9.67 Å². The third-order valence-electron chi connectivity index (χ3n) is 3.18. The van der Waals surface area contributed by atoms with Gasteiger partial charge >= 0.3 is 0 Å². The minimum atomic E-state index is 0.180. The van der Waals surface area contributed by atoms with Gasteiger partial charge in [0.25, 0.3) is 0 Å². The lowest BCUT2D eigenvalue weighted by atomic mass is 10.2. The number of thiophene rings is 1. The van der Waals surface area contributed by atoms with Crippen LogP contribution in [0, 0.1) is 0 Å². The van der Waals surface area contributed by atoms with Crippen molar-refractivity contribution < 1.29 is 5.11 Å². The Bertz CT molecular complexity index is 658. The van der Waals surface area contributed by atoms with Crippen LogP contribution in [0.4, 0.5) is 0 Å². The first kappa shape index (κ1) is 11.3. The van der Waals surface area contributed by atoms with Crippen LogP contribution in [0.5, 0.6) is 5.88 Å². The van der Waals surface area contributed by atoms with Gasteiger partial charge in [-0.1, -0.05) is 13.0 Å². The molecule has 0 aromatic carbocycles. The van der Waals surface area contributed by atoms with Crippen molar-refractivity contribution in [2.45, 2.75) is 19.4 Å². The van der Waals surface area contributed by atoms with E-state index in [1.54, 1.807) is 17.5 Å². The highest BCUT2D eigenvalue weighted by Gasteiger charge is 2.18. The van der Waals surface area contributed by atoms with Crippen molar-refractivity contribution >= 4 is 22.2 Å². The van der Waals surface area contributed by atoms with Crippen molar-refractivity contribution in [1.29, 1.82) is 0 Å². The van der Waals surface area contributed by atoms with E-state index in [0.717, 1.165) is 17.3 Å². The van der Waals surface area contributed by atoms with Crippen molar-refractivity contribution in [1.82, 2.24) is 9.55 Å². The highest BCUT2D eigenvalue weighted by molar-refractivity contribution is 7.10. The first-order chi connectivity index (χ1) is 8.81. The first-order valence-corrected chi connectivity index (χ1v) is 6.87. The molecule has 3 rings (SSSR count). The monoisotopic (exact) mass is 258 g/mol. The molecule has 0 amide bonds. The average Bonchev–Trinajstić information content (AvgIpc) is 3.01. The normalized spacial score (nSPS) is 12.9. The molecule has 0 saturated heterocycles. The van der Waals surface area contributed by atoms with E-state index in [-0.39, 0.29) is 6.04 Å². The number of nitrogens with zero attached hydrogens (tertiary/aromatic N) is 2. The quantitative estimate of drug-likeness (QED) is 0.776. The highest BCUT2D eigenvalue weighted by atomic mass is 32.1. The Morgan fingerprint density at radius 2 is 2.28 bits per heavy atom. The molecule has 1 atom stereocenters. The van der Waals surface area contributed by atoms with E-state index in [2.05, 4.69) is 23.4 Å². The third-order valence-corrected chi connectivity index (χ3v) is 4.15. The summed E-state index contributed by atoms with van der Waals surface area (Å²) in [7, 11) is 0. The second-order valence-electron chi connectivity index (χ2n) is 4.24. The van der Waals surface area contributed by atoms with Gasteiger partial charge in [0.2, 0.25) is 5.88 Å².